The zero-order valence-corrected chi connectivity index (χ0v) is 39.8. The van der Waals surface area contributed by atoms with Gasteiger partial charge in [-0.05, 0) is 98.1 Å². The Kier molecular flexibility index (Phi) is 14.9. The first-order chi connectivity index (χ1) is 31.2. The van der Waals surface area contributed by atoms with Gasteiger partial charge in [0.05, 0.1) is 26.1 Å². The Morgan fingerprint density at radius 1 is 0.591 bits per heavy atom. The third-order valence-electron chi connectivity index (χ3n) is 10.8. The lowest BCUT2D eigenvalue weighted by Gasteiger charge is -2.25. The summed E-state index contributed by atoms with van der Waals surface area (Å²) in [6.07, 6.45) is 0.912. The summed E-state index contributed by atoms with van der Waals surface area (Å²) in [6.45, 7) is 11.5. The van der Waals surface area contributed by atoms with E-state index in [1.165, 1.54) is 80.8 Å². The minimum atomic E-state index is -4.62. The van der Waals surface area contributed by atoms with Gasteiger partial charge in [0.25, 0.3) is 31.9 Å². The van der Waals surface area contributed by atoms with Crippen molar-refractivity contribution in [1.82, 2.24) is 21.3 Å². The van der Waals surface area contributed by atoms with Crippen LogP contribution < -0.4 is 29.9 Å². The van der Waals surface area contributed by atoms with Crippen LogP contribution >= 0.6 is 12.6 Å². The fourth-order valence-electron chi connectivity index (χ4n) is 7.16. The predicted octanol–water partition coefficient (Wildman–Crippen LogP) is 5.73. The van der Waals surface area contributed by atoms with Crippen LogP contribution in [0.5, 0.6) is 0 Å². The first kappa shape index (κ1) is 49.1. The van der Waals surface area contributed by atoms with Crippen molar-refractivity contribution in [1.29, 1.82) is 0 Å². The highest BCUT2D eigenvalue weighted by Gasteiger charge is 2.33. The molecule has 0 bridgehead atoms. The fourth-order valence-corrected chi connectivity index (χ4v) is 11.0. The molecular formula is C46H48N6O10S4. The number of thiol groups is 1. The van der Waals surface area contributed by atoms with E-state index in [1.54, 1.807) is 26.0 Å². The first-order valence-electron chi connectivity index (χ1n) is 20.4. The van der Waals surface area contributed by atoms with Crippen molar-refractivity contribution in [2.75, 3.05) is 48.9 Å². The van der Waals surface area contributed by atoms with Crippen LogP contribution in [0.15, 0.2) is 129 Å². The van der Waals surface area contributed by atoms with Gasteiger partial charge in [0, 0.05) is 89.0 Å². The summed E-state index contributed by atoms with van der Waals surface area (Å²) >= 11 is 2.09. The van der Waals surface area contributed by atoms with Gasteiger partial charge >= 0.3 is 0 Å². The topological polar surface area (TPSA) is 228 Å². The Morgan fingerprint density at radius 3 is 1.35 bits per heavy atom. The van der Waals surface area contributed by atoms with Crippen LogP contribution in [0.2, 0.25) is 0 Å². The molecule has 0 saturated carbocycles. The number of amides is 4. The second kappa shape index (κ2) is 20.0. The van der Waals surface area contributed by atoms with Crippen molar-refractivity contribution in [3.05, 3.63) is 120 Å². The molecule has 346 valence electrons. The molecule has 20 heteroatoms. The van der Waals surface area contributed by atoms with Gasteiger partial charge in [-0.1, -0.05) is 37.4 Å². The van der Waals surface area contributed by atoms with Crippen LogP contribution in [0.25, 0.3) is 32.3 Å². The van der Waals surface area contributed by atoms with E-state index in [-0.39, 0.29) is 83.6 Å². The number of sulfonamides is 2. The Bertz CT molecular complexity index is 3030. The van der Waals surface area contributed by atoms with Crippen LogP contribution in [0, 0.1) is 0 Å². The maximum absolute atomic E-state index is 14.9. The molecule has 0 aromatic heterocycles. The lowest BCUT2D eigenvalue weighted by atomic mass is 9.94. The molecule has 1 unspecified atom stereocenters. The minimum absolute atomic E-state index is 0.00820. The highest BCUT2D eigenvalue weighted by atomic mass is 32.2. The number of nitrogens with zero attached hydrogens (tertiary/aromatic N) is 2. The summed E-state index contributed by atoms with van der Waals surface area (Å²) in [5.74, 6) is -1.42. The van der Waals surface area contributed by atoms with Gasteiger partial charge in [-0.25, -0.2) is 21.0 Å². The van der Waals surface area contributed by atoms with E-state index in [9.17, 15) is 44.8 Å². The summed E-state index contributed by atoms with van der Waals surface area (Å²) in [5.41, 5.74) is 1.51. The molecule has 0 aliphatic heterocycles. The highest BCUT2D eigenvalue weighted by Crippen LogP contribution is 2.45. The minimum Gasteiger partial charge on any atom is -0.352 e. The van der Waals surface area contributed by atoms with E-state index >= 15 is 0 Å². The third-order valence-corrected chi connectivity index (χ3v) is 15.6. The normalized spacial score (nSPS) is 12.2. The van der Waals surface area contributed by atoms with Crippen LogP contribution in [0.3, 0.4) is 0 Å². The maximum atomic E-state index is 14.9. The van der Waals surface area contributed by atoms with E-state index in [0.29, 0.717) is 52.7 Å². The highest BCUT2D eigenvalue weighted by molar-refractivity contribution is 7.94. The molecule has 6 aromatic carbocycles. The summed E-state index contributed by atoms with van der Waals surface area (Å²) in [6, 6.07) is 20.2. The number of nitrogens with one attached hydrogen (secondary N) is 4. The Labute approximate surface area is 390 Å². The van der Waals surface area contributed by atoms with E-state index < -0.39 is 42.9 Å². The van der Waals surface area contributed by atoms with Crippen molar-refractivity contribution in [3.8, 4) is 0 Å². The van der Waals surface area contributed by atoms with Crippen molar-refractivity contribution in [2.24, 2.45) is 0 Å². The van der Waals surface area contributed by atoms with E-state index in [4.69, 9.17) is 0 Å². The van der Waals surface area contributed by atoms with E-state index in [2.05, 4.69) is 47.1 Å². The molecule has 1 atom stereocenters. The molecule has 6 aromatic rings. The predicted molar refractivity (Wildman–Crippen MR) is 260 cm³/mol. The molecule has 66 heavy (non-hydrogen) atoms. The van der Waals surface area contributed by atoms with Crippen molar-refractivity contribution >= 4 is 111 Å². The average molecular weight is 973 g/mol. The summed E-state index contributed by atoms with van der Waals surface area (Å²) in [7, 11) is -6.65. The quantitative estimate of drug-likeness (QED) is 0.0190. The molecule has 5 N–H and O–H groups in total. The van der Waals surface area contributed by atoms with E-state index in [1.807, 2.05) is 0 Å². The van der Waals surface area contributed by atoms with Crippen molar-refractivity contribution in [2.45, 2.75) is 46.3 Å². The molecule has 0 heterocycles. The SMILES string of the molecule is C=C(C)C(=O)NCCCNC(=O)c1ccc(N(C)S(=O)(=O)c2cc(S(=O)(=O)N(C)c3ccc(C(=O)NCCCNC(=O)C(=C)C)cc3)c3ccc4c(S(=O)O)cc(S)c5ccc2c3c54)cc1. The van der Waals surface area contributed by atoms with Crippen LogP contribution in [0.1, 0.15) is 47.4 Å². The number of carbonyl (C=O) groups is 4. The van der Waals surface area contributed by atoms with Gasteiger partial charge < -0.3 is 25.8 Å². The van der Waals surface area contributed by atoms with Crippen LogP contribution in [-0.2, 0) is 40.7 Å². The maximum Gasteiger partial charge on any atom is 0.264 e. The zero-order valence-electron chi connectivity index (χ0n) is 36.4. The molecule has 0 aliphatic rings. The monoisotopic (exact) mass is 972 g/mol. The molecule has 0 fully saturated rings. The second-order valence-electron chi connectivity index (χ2n) is 15.4. The molecule has 16 nitrogen and oxygen atoms in total. The summed E-state index contributed by atoms with van der Waals surface area (Å²) in [5, 5.41) is 12.4. The average Bonchev–Trinajstić information content (AvgIpc) is 3.29. The number of anilines is 2. The second-order valence-corrected chi connectivity index (χ2v) is 20.7. The lowest BCUT2D eigenvalue weighted by molar-refractivity contribution is -0.118. The molecule has 0 saturated heterocycles. The summed E-state index contributed by atoms with van der Waals surface area (Å²) in [4.78, 5) is 48.8. The van der Waals surface area contributed by atoms with Gasteiger partial charge in [0.2, 0.25) is 11.8 Å². The number of hydrogen-bond donors (Lipinski definition) is 6. The molecule has 6 rings (SSSR count). The molecule has 4 amide bonds. The Hall–Kier alpha value is -6.32. The Morgan fingerprint density at radius 2 is 0.955 bits per heavy atom. The molecule has 0 radical (unpaired) electrons. The van der Waals surface area contributed by atoms with Gasteiger partial charge in [0.1, 0.15) is 0 Å². The van der Waals surface area contributed by atoms with Gasteiger partial charge in [-0.2, -0.15) is 0 Å². The van der Waals surface area contributed by atoms with E-state index in [0.717, 1.165) is 14.7 Å². The lowest BCUT2D eigenvalue weighted by Crippen LogP contribution is -2.30. The first-order valence-corrected chi connectivity index (χ1v) is 24.8. The van der Waals surface area contributed by atoms with Crippen molar-refractivity contribution < 1.29 is 44.8 Å². The largest absolute Gasteiger partial charge is 0.352 e. The number of hydrogen-bond acceptors (Lipinski definition) is 10. The van der Waals surface area contributed by atoms with Gasteiger partial charge in [-0.3, -0.25) is 27.8 Å². The van der Waals surface area contributed by atoms with Gasteiger partial charge in [0.15, 0.2) is 11.1 Å². The molecular weight excluding hydrogens is 925 g/mol. The number of rotatable bonds is 19. The zero-order chi connectivity index (χ0) is 48.2. The van der Waals surface area contributed by atoms with Gasteiger partial charge in [-0.15, -0.1) is 12.6 Å². The smallest absolute Gasteiger partial charge is 0.264 e. The van der Waals surface area contributed by atoms with Crippen molar-refractivity contribution in [3.63, 3.8) is 0 Å². The summed E-state index contributed by atoms with van der Waals surface area (Å²) < 4.78 is 84.3. The Balaban J connectivity index is 1.35. The third kappa shape index (κ3) is 10.1. The standard InChI is InChI=1S/C46H48N6O10S4/c1-27(2)43(53)47-21-7-23-49-45(55)29-9-13-31(14-10-29)51(5)65(59,60)39-26-40(36-20-18-34-38(64(57)58)25-37(63)33-17-19-35(39)42(36)41(33)34)66(61,62)52(6)32-15-11-30(12-16-32)46(56)50-24-8-22-48-44(54)28(3)4/h9-20,25-26,63H,1,3,7-8,21-24H2,2,4-6H3,(H,47,53)(H,48,54)(H,49,55)(H,50,56)(H,57,58). The molecule has 0 spiro atoms. The fraction of sp³-hybridized carbons (Fsp3) is 0.217. The number of carbonyl (C=O) groups excluding carboxylic acids is 4. The van der Waals surface area contributed by atoms with Crippen LogP contribution in [0.4, 0.5) is 11.4 Å². The van der Waals surface area contributed by atoms with Crippen LogP contribution in [-0.4, -0.2) is 89.5 Å². The molecule has 0 aliphatic carbocycles. The number of benzene rings is 6.